The van der Waals surface area contributed by atoms with Crippen molar-refractivity contribution < 1.29 is 24.0 Å². The van der Waals surface area contributed by atoms with Crippen LogP contribution < -0.4 is 0 Å². The zero-order chi connectivity index (χ0) is 18.9. The van der Waals surface area contributed by atoms with Crippen LogP contribution in [-0.4, -0.2) is 30.1 Å². The summed E-state index contributed by atoms with van der Waals surface area (Å²) in [5.74, 6) is -0.502. The first-order valence-electron chi connectivity index (χ1n) is 6.79. The van der Waals surface area contributed by atoms with E-state index in [-0.39, 0.29) is 33.9 Å². The van der Waals surface area contributed by atoms with Gasteiger partial charge in [-0.15, -0.1) is 0 Å². The maximum Gasteiger partial charge on any atom is 0.240 e. The zero-order valence-corrected chi connectivity index (χ0v) is 12.8. The Morgan fingerprint density at radius 2 is 0.923 bits per heavy atom. The molecule has 124 valence electrons. The number of carbonyl (C=O) groups excluding carboxylic acids is 5. The Kier molecular flexibility index (Phi) is 5.86. The Bertz CT molecular complexity index is 997. The number of benzene rings is 2. The summed E-state index contributed by atoms with van der Waals surface area (Å²) in [5, 5.41) is 0. The largest absolute Gasteiger partial charge is 0.289 e. The predicted molar refractivity (Wildman–Crippen MR) is 87.4 cm³/mol. The fourth-order valence-electron chi connectivity index (χ4n) is 2.06. The third-order valence-electron chi connectivity index (χ3n) is 3.14. The van der Waals surface area contributed by atoms with Crippen molar-refractivity contribution in [3.05, 3.63) is 47.5 Å². The van der Waals surface area contributed by atoms with Crippen molar-refractivity contribution in [3.8, 4) is 0 Å². The summed E-state index contributed by atoms with van der Waals surface area (Å²) in [6.45, 7) is 0. The van der Waals surface area contributed by atoms with Gasteiger partial charge < -0.3 is 0 Å². The molecule has 0 aliphatic carbocycles. The van der Waals surface area contributed by atoms with Crippen molar-refractivity contribution in [2.75, 3.05) is 0 Å². The summed E-state index contributed by atoms with van der Waals surface area (Å²) in [6, 6.07) is 7.83. The summed E-state index contributed by atoms with van der Waals surface area (Å²) >= 11 is 0. The first-order valence-corrected chi connectivity index (χ1v) is 6.79. The molecular weight excluding hydrogens is 340 g/mol. The second-order valence-electron chi connectivity index (χ2n) is 4.55. The van der Waals surface area contributed by atoms with E-state index in [9.17, 15) is 24.0 Å². The van der Waals surface area contributed by atoms with Crippen LogP contribution in [0.3, 0.4) is 0 Å². The highest BCUT2D eigenvalue weighted by molar-refractivity contribution is 6.10. The Morgan fingerprint density at radius 1 is 0.577 bits per heavy atom. The Hall–Kier alpha value is -4.37. The zero-order valence-electron chi connectivity index (χ0n) is 12.8. The monoisotopic (exact) mass is 346 g/mol. The molecule has 0 saturated carbocycles. The molecule has 26 heavy (non-hydrogen) atoms. The van der Waals surface area contributed by atoms with Crippen LogP contribution in [0.15, 0.2) is 56.4 Å². The predicted octanol–water partition coefficient (Wildman–Crippen LogP) is 2.79. The van der Waals surface area contributed by atoms with E-state index in [1.807, 2.05) is 0 Å². The molecule has 9 heteroatoms. The van der Waals surface area contributed by atoms with Gasteiger partial charge in [-0.25, -0.2) is 19.2 Å². The quantitative estimate of drug-likeness (QED) is 0.450. The molecule has 0 fully saturated rings. The van der Waals surface area contributed by atoms with Gasteiger partial charge in [-0.1, -0.05) is 0 Å². The van der Waals surface area contributed by atoms with Crippen LogP contribution in [0.2, 0.25) is 0 Å². The Balaban J connectivity index is 2.55. The van der Waals surface area contributed by atoms with Crippen LogP contribution >= 0.6 is 0 Å². The van der Waals surface area contributed by atoms with Gasteiger partial charge in [0, 0.05) is 11.1 Å². The summed E-state index contributed by atoms with van der Waals surface area (Å²) < 4.78 is 0. The molecular formula is C17H6N4O5. The second kappa shape index (κ2) is 8.47. The topological polar surface area (TPSA) is 135 Å². The SMILES string of the molecule is O=C=Nc1ccc(C(=O)c2ccc(N=C=O)c(N=C=O)c2)cc1N=C=O. The van der Waals surface area contributed by atoms with Crippen molar-refractivity contribution >= 4 is 52.9 Å². The highest BCUT2D eigenvalue weighted by Crippen LogP contribution is 2.32. The van der Waals surface area contributed by atoms with E-state index < -0.39 is 5.78 Å². The fourth-order valence-corrected chi connectivity index (χ4v) is 2.06. The van der Waals surface area contributed by atoms with Gasteiger partial charge in [0.25, 0.3) is 0 Å². The molecule has 0 unspecified atom stereocenters. The lowest BCUT2D eigenvalue weighted by Gasteiger charge is -2.05. The molecule has 0 heterocycles. The minimum atomic E-state index is -0.502. The van der Waals surface area contributed by atoms with Gasteiger partial charge in [0.15, 0.2) is 5.78 Å². The Morgan fingerprint density at radius 3 is 1.27 bits per heavy atom. The van der Waals surface area contributed by atoms with Gasteiger partial charge in [-0.3, -0.25) is 4.79 Å². The Labute approximate surface area is 145 Å². The third-order valence-corrected chi connectivity index (χ3v) is 3.14. The van der Waals surface area contributed by atoms with Gasteiger partial charge in [0.2, 0.25) is 24.3 Å². The summed E-state index contributed by atoms with van der Waals surface area (Å²) in [6.07, 6.45) is 5.23. The van der Waals surface area contributed by atoms with Crippen LogP contribution in [0.5, 0.6) is 0 Å². The summed E-state index contributed by atoms with van der Waals surface area (Å²) in [7, 11) is 0. The average Bonchev–Trinajstić information content (AvgIpc) is 2.65. The van der Waals surface area contributed by atoms with Crippen LogP contribution in [0.1, 0.15) is 15.9 Å². The second-order valence-corrected chi connectivity index (χ2v) is 4.55. The molecule has 0 N–H and O–H groups in total. The van der Waals surface area contributed by atoms with E-state index in [1.165, 1.54) is 60.7 Å². The first kappa shape index (κ1) is 18.0. The van der Waals surface area contributed by atoms with Crippen molar-refractivity contribution in [2.45, 2.75) is 0 Å². The minimum absolute atomic E-state index is 0.0393. The molecule has 0 aliphatic rings. The standard InChI is InChI=1S/C17H6N4O5/c22-7-18-13-3-1-11(5-15(13)20-9-24)17(26)12-2-4-14(19-8-23)16(6-12)21-10-25/h1-6H. The molecule has 2 aromatic carbocycles. The number of hydrogen-bond donors (Lipinski definition) is 0. The number of aliphatic imine (C=N–C) groups is 4. The van der Waals surface area contributed by atoms with E-state index in [2.05, 4.69) is 20.0 Å². The normalized spacial score (nSPS) is 8.92. The van der Waals surface area contributed by atoms with Gasteiger partial charge in [0.1, 0.15) is 22.7 Å². The highest BCUT2D eigenvalue weighted by atomic mass is 16.1. The van der Waals surface area contributed by atoms with Crippen LogP contribution in [0.25, 0.3) is 0 Å². The molecule has 2 rings (SSSR count). The van der Waals surface area contributed by atoms with Crippen molar-refractivity contribution in [1.29, 1.82) is 0 Å². The number of hydrogen-bond acceptors (Lipinski definition) is 9. The molecule has 0 radical (unpaired) electrons. The maximum atomic E-state index is 12.6. The maximum absolute atomic E-state index is 12.6. The molecule has 0 saturated heterocycles. The average molecular weight is 346 g/mol. The number of rotatable bonds is 6. The minimum Gasteiger partial charge on any atom is -0.289 e. The van der Waals surface area contributed by atoms with E-state index in [1.54, 1.807) is 0 Å². The molecule has 0 spiro atoms. The molecule has 9 nitrogen and oxygen atoms in total. The van der Waals surface area contributed by atoms with Crippen molar-refractivity contribution in [2.24, 2.45) is 20.0 Å². The van der Waals surface area contributed by atoms with E-state index in [0.29, 0.717) is 0 Å². The van der Waals surface area contributed by atoms with Gasteiger partial charge in [-0.05, 0) is 36.4 Å². The van der Waals surface area contributed by atoms with Crippen molar-refractivity contribution in [1.82, 2.24) is 0 Å². The lowest BCUT2D eigenvalue weighted by atomic mass is 10.0. The van der Waals surface area contributed by atoms with Crippen LogP contribution in [-0.2, 0) is 19.2 Å². The number of nitrogens with zero attached hydrogens (tertiary/aromatic N) is 4. The molecule has 0 atom stereocenters. The first-order chi connectivity index (χ1) is 12.6. The van der Waals surface area contributed by atoms with Gasteiger partial charge in [0.05, 0.1) is 0 Å². The highest BCUT2D eigenvalue weighted by Gasteiger charge is 2.14. The van der Waals surface area contributed by atoms with E-state index in [4.69, 9.17) is 0 Å². The smallest absolute Gasteiger partial charge is 0.240 e. The van der Waals surface area contributed by atoms with Crippen LogP contribution in [0.4, 0.5) is 22.7 Å². The summed E-state index contributed by atoms with van der Waals surface area (Å²) in [5.41, 5.74) is 0.252. The summed E-state index contributed by atoms with van der Waals surface area (Å²) in [4.78, 5) is 67.9. The molecule has 0 aromatic heterocycles. The molecule has 0 aliphatic heterocycles. The lowest BCUT2D eigenvalue weighted by Crippen LogP contribution is -2.00. The van der Waals surface area contributed by atoms with E-state index in [0.717, 1.165) is 0 Å². The van der Waals surface area contributed by atoms with E-state index >= 15 is 0 Å². The molecule has 0 bridgehead atoms. The fraction of sp³-hybridized carbons (Fsp3) is 0. The molecule has 2 aromatic rings. The third kappa shape index (κ3) is 3.93. The molecule has 0 amide bonds. The van der Waals surface area contributed by atoms with Crippen molar-refractivity contribution in [3.63, 3.8) is 0 Å². The number of isocyanates is 4. The number of ketones is 1. The number of carbonyl (C=O) groups is 1. The lowest BCUT2D eigenvalue weighted by molar-refractivity contribution is 0.103. The van der Waals surface area contributed by atoms with Gasteiger partial charge in [-0.2, -0.15) is 20.0 Å². The van der Waals surface area contributed by atoms with Crippen LogP contribution in [0, 0.1) is 0 Å². The van der Waals surface area contributed by atoms with Gasteiger partial charge >= 0.3 is 0 Å².